The number of rotatable bonds is 5. The molecular formula is C27H28N4OS. The highest BCUT2D eigenvalue weighted by molar-refractivity contribution is 7.18. The quantitative estimate of drug-likeness (QED) is 0.433. The summed E-state index contributed by atoms with van der Waals surface area (Å²) in [6.07, 6.45) is 1.18. The summed E-state index contributed by atoms with van der Waals surface area (Å²) in [5.41, 5.74) is 3.54. The Bertz CT molecular complexity index is 1260. The minimum atomic E-state index is 0.195. The number of aryl methyl sites for hydroxylation is 2. The summed E-state index contributed by atoms with van der Waals surface area (Å²) in [4.78, 5) is 29.5. The van der Waals surface area contributed by atoms with Crippen LogP contribution < -0.4 is 4.90 Å². The number of hydrogen-bond acceptors (Lipinski definition) is 5. The molecule has 0 N–H and O–H groups in total. The summed E-state index contributed by atoms with van der Waals surface area (Å²) < 4.78 is 0. The monoisotopic (exact) mass is 456 g/mol. The molecule has 0 bridgehead atoms. The molecule has 2 aromatic carbocycles. The van der Waals surface area contributed by atoms with Crippen molar-refractivity contribution in [2.75, 3.05) is 31.1 Å². The van der Waals surface area contributed by atoms with Crippen molar-refractivity contribution in [2.24, 2.45) is 0 Å². The second-order valence-electron chi connectivity index (χ2n) is 8.62. The van der Waals surface area contributed by atoms with Gasteiger partial charge in [0.05, 0.1) is 11.8 Å². The first-order chi connectivity index (χ1) is 16.1. The van der Waals surface area contributed by atoms with Crippen LogP contribution in [0.1, 0.15) is 27.4 Å². The molecule has 0 aliphatic carbocycles. The van der Waals surface area contributed by atoms with Gasteiger partial charge in [0, 0.05) is 37.5 Å². The molecule has 1 aliphatic rings. The van der Waals surface area contributed by atoms with Gasteiger partial charge in [-0.05, 0) is 30.5 Å². The molecule has 1 saturated heterocycles. The normalized spacial score (nSPS) is 14.1. The van der Waals surface area contributed by atoms with Crippen molar-refractivity contribution < 1.29 is 4.79 Å². The summed E-state index contributed by atoms with van der Waals surface area (Å²) in [6, 6.07) is 20.4. The Hall–Kier alpha value is -3.25. The van der Waals surface area contributed by atoms with Gasteiger partial charge in [-0.3, -0.25) is 4.79 Å². The number of carbonyl (C=O) groups is 1. The van der Waals surface area contributed by atoms with Gasteiger partial charge in [0.15, 0.2) is 0 Å². The Balaban J connectivity index is 1.37. The van der Waals surface area contributed by atoms with Gasteiger partial charge in [-0.15, -0.1) is 11.3 Å². The third-order valence-electron chi connectivity index (χ3n) is 6.39. The summed E-state index contributed by atoms with van der Waals surface area (Å²) in [5.74, 6) is 2.07. The van der Waals surface area contributed by atoms with Crippen molar-refractivity contribution in [1.82, 2.24) is 14.9 Å². The van der Waals surface area contributed by atoms with Gasteiger partial charge in [-0.25, -0.2) is 9.97 Å². The van der Waals surface area contributed by atoms with Gasteiger partial charge in [-0.1, -0.05) is 60.7 Å². The van der Waals surface area contributed by atoms with E-state index in [0.717, 1.165) is 41.5 Å². The van der Waals surface area contributed by atoms with Crippen molar-refractivity contribution >= 4 is 33.3 Å². The maximum Gasteiger partial charge on any atom is 0.227 e. The molecule has 6 heteroatoms. The topological polar surface area (TPSA) is 49.3 Å². The number of thiophene rings is 1. The number of amides is 1. The predicted molar refractivity (Wildman–Crippen MR) is 135 cm³/mol. The molecule has 0 atom stereocenters. The smallest absolute Gasteiger partial charge is 0.227 e. The lowest BCUT2D eigenvalue weighted by Gasteiger charge is -2.36. The van der Waals surface area contributed by atoms with Crippen molar-refractivity contribution in [2.45, 2.75) is 26.7 Å². The first kappa shape index (κ1) is 21.6. The Morgan fingerprint density at radius 3 is 2.18 bits per heavy atom. The Kier molecular flexibility index (Phi) is 6.09. The number of benzene rings is 2. The minimum absolute atomic E-state index is 0.195. The van der Waals surface area contributed by atoms with Crippen LogP contribution in [0.4, 0.5) is 5.82 Å². The van der Waals surface area contributed by atoms with E-state index in [2.05, 4.69) is 43.0 Å². The van der Waals surface area contributed by atoms with E-state index in [4.69, 9.17) is 9.97 Å². The Labute approximate surface area is 198 Å². The van der Waals surface area contributed by atoms with Crippen LogP contribution >= 0.6 is 11.3 Å². The molecule has 1 fully saturated rings. The molecule has 0 spiro atoms. The standard InChI is InChI=1S/C27H28N4OS/c1-19-20(2)33-27-25(19)26(28-23(29-27)17-21-9-5-3-6-10-21)31-15-13-30(14-16-31)24(32)18-22-11-7-4-8-12-22/h3-12H,13-18H2,1-2H3. The van der Waals surface area contributed by atoms with Crippen molar-refractivity contribution in [1.29, 1.82) is 0 Å². The number of aromatic nitrogens is 2. The lowest BCUT2D eigenvalue weighted by Crippen LogP contribution is -2.49. The highest BCUT2D eigenvalue weighted by Crippen LogP contribution is 2.35. The molecule has 0 radical (unpaired) electrons. The second kappa shape index (κ2) is 9.32. The van der Waals surface area contributed by atoms with Crippen LogP contribution in [0, 0.1) is 13.8 Å². The van der Waals surface area contributed by atoms with Crippen LogP contribution in [-0.2, 0) is 17.6 Å². The molecule has 5 rings (SSSR count). The fraction of sp³-hybridized carbons (Fsp3) is 0.296. The van der Waals surface area contributed by atoms with Crippen LogP contribution in [-0.4, -0.2) is 47.0 Å². The van der Waals surface area contributed by atoms with E-state index in [-0.39, 0.29) is 5.91 Å². The SMILES string of the molecule is Cc1sc2nc(Cc3ccccc3)nc(N3CCN(C(=O)Cc4ccccc4)CC3)c2c1C. The van der Waals surface area contributed by atoms with E-state index >= 15 is 0 Å². The number of nitrogens with zero attached hydrogens (tertiary/aromatic N) is 4. The number of piperazine rings is 1. The zero-order chi connectivity index (χ0) is 22.8. The van der Waals surface area contributed by atoms with Gasteiger partial charge < -0.3 is 9.80 Å². The van der Waals surface area contributed by atoms with E-state index in [1.165, 1.54) is 21.4 Å². The number of fused-ring (bicyclic) bond motifs is 1. The van der Waals surface area contributed by atoms with E-state index in [1.807, 2.05) is 41.3 Å². The highest BCUT2D eigenvalue weighted by Gasteiger charge is 2.25. The maximum absolute atomic E-state index is 12.8. The zero-order valence-electron chi connectivity index (χ0n) is 19.1. The Morgan fingerprint density at radius 1 is 0.879 bits per heavy atom. The number of anilines is 1. The van der Waals surface area contributed by atoms with Gasteiger partial charge >= 0.3 is 0 Å². The summed E-state index contributed by atoms with van der Waals surface area (Å²) >= 11 is 1.75. The van der Waals surface area contributed by atoms with Crippen LogP contribution in [0.15, 0.2) is 60.7 Å². The molecule has 3 heterocycles. The lowest BCUT2D eigenvalue weighted by molar-refractivity contribution is -0.130. The summed E-state index contributed by atoms with van der Waals surface area (Å²) in [6.45, 7) is 7.32. The van der Waals surface area contributed by atoms with E-state index in [0.29, 0.717) is 19.5 Å². The third-order valence-corrected chi connectivity index (χ3v) is 7.49. The number of carbonyl (C=O) groups excluding carboxylic acids is 1. The molecular weight excluding hydrogens is 428 g/mol. The van der Waals surface area contributed by atoms with Crippen LogP contribution in [0.5, 0.6) is 0 Å². The van der Waals surface area contributed by atoms with Crippen LogP contribution in [0.25, 0.3) is 10.2 Å². The third kappa shape index (κ3) is 4.62. The fourth-order valence-electron chi connectivity index (χ4n) is 4.41. The number of hydrogen-bond donors (Lipinski definition) is 0. The molecule has 4 aromatic rings. The largest absolute Gasteiger partial charge is 0.352 e. The summed E-state index contributed by atoms with van der Waals surface area (Å²) in [5, 5.41) is 1.17. The highest BCUT2D eigenvalue weighted by atomic mass is 32.1. The minimum Gasteiger partial charge on any atom is -0.352 e. The van der Waals surface area contributed by atoms with Crippen LogP contribution in [0.3, 0.4) is 0 Å². The lowest BCUT2D eigenvalue weighted by atomic mass is 10.1. The molecule has 33 heavy (non-hydrogen) atoms. The molecule has 2 aromatic heterocycles. The van der Waals surface area contributed by atoms with Gasteiger partial charge in [0.25, 0.3) is 0 Å². The first-order valence-corrected chi connectivity index (χ1v) is 12.3. The van der Waals surface area contributed by atoms with E-state index < -0.39 is 0 Å². The van der Waals surface area contributed by atoms with Crippen LogP contribution in [0.2, 0.25) is 0 Å². The van der Waals surface area contributed by atoms with Gasteiger partial charge in [0.1, 0.15) is 16.5 Å². The van der Waals surface area contributed by atoms with Gasteiger partial charge in [-0.2, -0.15) is 0 Å². The average molecular weight is 457 g/mol. The van der Waals surface area contributed by atoms with E-state index in [9.17, 15) is 4.79 Å². The second-order valence-corrected chi connectivity index (χ2v) is 9.82. The van der Waals surface area contributed by atoms with Crippen molar-refractivity contribution in [3.63, 3.8) is 0 Å². The van der Waals surface area contributed by atoms with E-state index in [1.54, 1.807) is 11.3 Å². The molecule has 0 unspecified atom stereocenters. The molecule has 1 amide bonds. The van der Waals surface area contributed by atoms with Crippen molar-refractivity contribution in [3.05, 3.63) is 88.1 Å². The fourth-order valence-corrected chi connectivity index (χ4v) is 5.45. The first-order valence-electron chi connectivity index (χ1n) is 11.5. The summed E-state index contributed by atoms with van der Waals surface area (Å²) in [7, 11) is 0. The molecule has 168 valence electrons. The van der Waals surface area contributed by atoms with Crippen molar-refractivity contribution in [3.8, 4) is 0 Å². The van der Waals surface area contributed by atoms with Gasteiger partial charge in [0.2, 0.25) is 5.91 Å². The Morgan fingerprint density at radius 2 is 1.52 bits per heavy atom. The molecule has 0 saturated carbocycles. The zero-order valence-corrected chi connectivity index (χ0v) is 19.9. The average Bonchev–Trinajstić information content (AvgIpc) is 3.13. The maximum atomic E-state index is 12.8. The molecule has 1 aliphatic heterocycles. The molecule has 5 nitrogen and oxygen atoms in total. The predicted octanol–water partition coefficient (Wildman–Crippen LogP) is 4.79.